The molecular weight excluding hydrogens is 396 g/mol. The number of para-hydroxylation sites is 2. The van der Waals surface area contributed by atoms with Crippen LogP contribution in [-0.2, 0) is 9.53 Å². The highest BCUT2D eigenvalue weighted by Gasteiger charge is 2.19. The summed E-state index contributed by atoms with van der Waals surface area (Å²) in [5, 5.41) is 5.91. The third-order valence-electron chi connectivity index (χ3n) is 4.27. The molecule has 0 saturated heterocycles. The molecule has 8 nitrogen and oxygen atoms in total. The van der Waals surface area contributed by atoms with Gasteiger partial charge in [0.05, 0.1) is 18.1 Å². The zero-order valence-electron chi connectivity index (χ0n) is 18.2. The third kappa shape index (κ3) is 5.69. The molecule has 0 bridgehead atoms. The molecule has 2 aromatic carbocycles. The number of methoxy groups -OCH3 is 1. The summed E-state index contributed by atoms with van der Waals surface area (Å²) in [5.41, 5.74) is 1.62. The quantitative estimate of drug-likeness (QED) is 0.580. The van der Waals surface area contributed by atoms with Gasteiger partial charge < -0.3 is 20.1 Å². The Morgan fingerprint density at radius 3 is 2.16 bits per heavy atom. The number of anilines is 1. The lowest BCUT2D eigenvalue weighted by atomic mass is 10.1. The van der Waals surface area contributed by atoms with Crippen LogP contribution in [0.25, 0.3) is 11.0 Å². The number of carbonyl (C=O) groups is 2. The fourth-order valence-electron chi connectivity index (χ4n) is 2.79. The number of carbonyl (C=O) groups excluding carboxylic acids is 2. The van der Waals surface area contributed by atoms with Gasteiger partial charge in [-0.1, -0.05) is 12.1 Å². The summed E-state index contributed by atoms with van der Waals surface area (Å²) in [4.78, 5) is 33.1. The van der Waals surface area contributed by atoms with Crippen LogP contribution in [0.4, 0.5) is 5.82 Å². The zero-order valence-corrected chi connectivity index (χ0v) is 18.2. The number of amides is 1. The SMILES string of the molecule is COC(=O)[C@H](C)NC(=O)c1ccc(Oc2nc3ccccc3nc2NC(C)(C)C)cc1. The van der Waals surface area contributed by atoms with E-state index in [1.54, 1.807) is 31.2 Å². The van der Waals surface area contributed by atoms with Crippen LogP contribution in [0.1, 0.15) is 38.1 Å². The molecule has 31 heavy (non-hydrogen) atoms. The maximum Gasteiger partial charge on any atom is 0.328 e. The smallest absolute Gasteiger partial charge is 0.328 e. The monoisotopic (exact) mass is 422 g/mol. The molecule has 0 aliphatic carbocycles. The van der Waals surface area contributed by atoms with Gasteiger partial charge in [0.2, 0.25) is 0 Å². The molecule has 1 amide bonds. The number of hydrogen-bond acceptors (Lipinski definition) is 7. The van der Waals surface area contributed by atoms with E-state index in [2.05, 4.69) is 25.3 Å². The second-order valence-electron chi connectivity index (χ2n) is 8.09. The molecule has 1 atom stereocenters. The molecule has 0 aliphatic heterocycles. The second kappa shape index (κ2) is 8.99. The van der Waals surface area contributed by atoms with E-state index in [1.807, 2.05) is 45.0 Å². The first-order chi connectivity index (χ1) is 14.7. The van der Waals surface area contributed by atoms with Crippen molar-refractivity contribution in [1.29, 1.82) is 0 Å². The molecule has 0 spiro atoms. The van der Waals surface area contributed by atoms with Gasteiger partial charge in [0, 0.05) is 11.1 Å². The van der Waals surface area contributed by atoms with Gasteiger partial charge in [-0.2, -0.15) is 0 Å². The molecule has 0 saturated carbocycles. The van der Waals surface area contributed by atoms with E-state index < -0.39 is 12.0 Å². The van der Waals surface area contributed by atoms with E-state index >= 15 is 0 Å². The highest BCUT2D eigenvalue weighted by molar-refractivity contribution is 5.96. The first kappa shape index (κ1) is 22.0. The normalized spacial score (nSPS) is 12.2. The number of rotatable bonds is 6. The fourth-order valence-corrected chi connectivity index (χ4v) is 2.79. The standard InChI is InChI=1S/C23H26N4O4/c1-14(22(29)30-5)24-20(28)15-10-12-16(13-11-15)31-21-19(27-23(2,3)4)25-17-8-6-7-9-18(17)26-21/h6-14H,1-5H3,(H,24,28)(H,25,27)/t14-/m0/s1. The van der Waals surface area contributed by atoms with Crippen LogP contribution < -0.4 is 15.4 Å². The van der Waals surface area contributed by atoms with E-state index in [1.165, 1.54) is 7.11 Å². The van der Waals surface area contributed by atoms with Crippen LogP contribution in [0.5, 0.6) is 11.6 Å². The van der Waals surface area contributed by atoms with Gasteiger partial charge in [0.1, 0.15) is 11.8 Å². The molecule has 1 heterocycles. The van der Waals surface area contributed by atoms with Crippen molar-refractivity contribution in [2.24, 2.45) is 0 Å². The summed E-state index contributed by atoms with van der Waals surface area (Å²) < 4.78 is 10.6. The van der Waals surface area contributed by atoms with Gasteiger partial charge in [-0.15, -0.1) is 0 Å². The summed E-state index contributed by atoms with van der Waals surface area (Å²) in [6.07, 6.45) is 0. The van der Waals surface area contributed by atoms with Gasteiger partial charge in [0.25, 0.3) is 11.8 Å². The van der Waals surface area contributed by atoms with Crippen LogP contribution in [-0.4, -0.2) is 40.5 Å². The van der Waals surface area contributed by atoms with Crippen LogP contribution >= 0.6 is 0 Å². The van der Waals surface area contributed by atoms with E-state index in [4.69, 9.17) is 4.74 Å². The Morgan fingerprint density at radius 1 is 0.968 bits per heavy atom. The van der Waals surface area contributed by atoms with Crippen molar-refractivity contribution < 1.29 is 19.1 Å². The first-order valence-corrected chi connectivity index (χ1v) is 9.88. The Kier molecular flexibility index (Phi) is 6.39. The molecule has 0 unspecified atom stereocenters. The Morgan fingerprint density at radius 2 is 1.58 bits per heavy atom. The van der Waals surface area contributed by atoms with E-state index in [9.17, 15) is 9.59 Å². The number of hydrogen-bond donors (Lipinski definition) is 2. The topological polar surface area (TPSA) is 102 Å². The maximum atomic E-state index is 12.3. The minimum absolute atomic E-state index is 0.243. The van der Waals surface area contributed by atoms with E-state index in [-0.39, 0.29) is 11.4 Å². The molecule has 162 valence electrons. The minimum Gasteiger partial charge on any atom is -0.467 e. The largest absolute Gasteiger partial charge is 0.467 e. The summed E-state index contributed by atoms with van der Waals surface area (Å²) >= 11 is 0. The Balaban J connectivity index is 1.82. The molecular formula is C23H26N4O4. The lowest BCUT2D eigenvalue weighted by molar-refractivity contribution is -0.142. The van der Waals surface area contributed by atoms with Crippen molar-refractivity contribution >= 4 is 28.7 Å². The predicted molar refractivity (Wildman–Crippen MR) is 118 cm³/mol. The van der Waals surface area contributed by atoms with Crippen molar-refractivity contribution in [1.82, 2.24) is 15.3 Å². The Bertz CT molecular complexity index is 1090. The summed E-state index contributed by atoms with van der Waals surface area (Å²) in [7, 11) is 1.27. The molecule has 3 aromatic rings. The van der Waals surface area contributed by atoms with Gasteiger partial charge in [-0.05, 0) is 64.1 Å². The number of fused-ring (bicyclic) bond motifs is 1. The number of aromatic nitrogens is 2. The molecule has 8 heteroatoms. The molecule has 0 fully saturated rings. The van der Waals surface area contributed by atoms with Crippen molar-refractivity contribution in [2.75, 3.05) is 12.4 Å². The number of ether oxygens (including phenoxy) is 2. The van der Waals surface area contributed by atoms with Gasteiger partial charge in [0.15, 0.2) is 5.82 Å². The van der Waals surface area contributed by atoms with Gasteiger partial charge in [-0.25, -0.2) is 14.8 Å². The predicted octanol–water partition coefficient (Wildman–Crippen LogP) is 3.92. The molecule has 1 aromatic heterocycles. The van der Waals surface area contributed by atoms with Gasteiger partial charge in [-0.3, -0.25) is 4.79 Å². The lowest BCUT2D eigenvalue weighted by Crippen LogP contribution is -2.39. The Hall–Kier alpha value is -3.68. The molecule has 0 aliphatic rings. The average Bonchev–Trinajstić information content (AvgIpc) is 2.72. The van der Waals surface area contributed by atoms with Crippen LogP contribution in [0.2, 0.25) is 0 Å². The van der Waals surface area contributed by atoms with E-state index in [0.717, 1.165) is 5.52 Å². The number of esters is 1. The fraction of sp³-hybridized carbons (Fsp3) is 0.304. The lowest BCUT2D eigenvalue weighted by Gasteiger charge is -2.22. The third-order valence-corrected chi connectivity index (χ3v) is 4.27. The number of nitrogens with one attached hydrogen (secondary N) is 2. The zero-order chi connectivity index (χ0) is 22.6. The van der Waals surface area contributed by atoms with Crippen LogP contribution in [0.15, 0.2) is 48.5 Å². The first-order valence-electron chi connectivity index (χ1n) is 9.88. The van der Waals surface area contributed by atoms with Crippen molar-refractivity contribution in [3.8, 4) is 11.6 Å². The summed E-state index contributed by atoms with van der Waals surface area (Å²) in [5.74, 6) is 0.469. The van der Waals surface area contributed by atoms with Crippen molar-refractivity contribution in [3.05, 3.63) is 54.1 Å². The average molecular weight is 422 g/mol. The summed E-state index contributed by atoms with van der Waals surface area (Å²) in [6, 6.07) is 13.4. The van der Waals surface area contributed by atoms with E-state index in [0.29, 0.717) is 28.5 Å². The molecule has 3 rings (SSSR count). The van der Waals surface area contributed by atoms with Crippen LogP contribution in [0.3, 0.4) is 0 Å². The molecule has 0 radical (unpaired) electrons. The van der Waals surface area contributed by atoms with Gasteiger partial charge >= 0.3 is 5.97 Å². The highest BCUT2D eigenvalue weighted by Crippen LogP contribution is 2.30. The number of nitrogens with zero attached hydrogens (tertiary/aromatic N) is 2. The molecule has 2 N–H and O–H groups in total. The Labute approximate surface area is 181 Å². The maximum absolute atomic E-state index is 12.3. The minimum atomic E-state index is -0.743. The number of benzene rings is 2. The summed E-state index contributed by atoms with van der Waals surface area (Å²) in [6.45, 7) is 7.63. The van der Waals surface area contributed by atoms with Crippen LogP contribution in [0, 0.1) is 0 Å². The van der Waals surface area contributed by atoms with Crippen molar-refractivity contribution in [3.63, 3.8) is 0 Å². The van der Waals surface area contributed by atoms with Crippen molar-refractivity contribution in [2.45, 2.75) is 39.3 Å². The highest BCUT2D eigenvalue weighted by atomic mass is 16.5. The second-order valence-corrected chi connectivity index (χ2v) is 8.09.